The molecule has 12 heavy (non-hydrogen) atoms. The van der Waals surface area contributed by atoms with E-state index in [2.05, 4.69) is 0 Å². The first-order valence-electron chi connectivity index (χ1n) is 4.79. The molecule has 0 saturated carbocycles. The van der Waals surface area contributed by atoms with Crippen LogP contribution in [-0.2, 0) is 0 Å². The quantitative estimate of drug-likeness (QED) is 0.666. The normalized spacial score (nSPS) is 24.8. The highest BCUT2D eigenvalue weighted by Gasteiger charge is 2.34. The molecule has 0 fully saturated rings. The van der Waals surface area contributed by atoms with E-state index in [0.717, 1.165) is 0 Å². The molecule has 0 aromatic rings. The SMILES string of the molecule is [2H]C([2H])(Cl)C(Cl)C(Cl)(Cl)C([2H])([2H])C(Cl)CCl. The Hall–Kier alpha value is 1.74. The molecule has 0 aliphatic heterocycles. The number of hydrogen-bond donors (Lipinski definition) is 0. The van der Waals surface area contributed by atoms with Crippen molar-refractivity contribution in [3.05, 3.63) is 0 Å². The average Bonchev–Trinajstić information content (AvgIpc) is 2.13. The van der Waals surface area contributed by atoms with Gasteiger partial charge in [0.05, 0.1) is 10.8 Å². The maximum atomic E-state index is 7.62. The van der Waals surface area contributed by atoms with Crippen LogP contribution in [0.5, 0.6) is 0 Å². The summed E-state index contributed by atoms with van der Waals surface area (Å²) in [5.41, 5.74) is 0. The highest BCUT2D eigenvalue weighted by Crippen LogP contribution is 2.36. The maximum absolute atomic E-state index is 7.62. The van der Waals surface area contributed by atoms with Crippen LogP contribution < -0.4 is 0 Å². The van der Waals surface area contributed by atoms with Crippen molar-refractivity contribution in [2.24, 2.45) is 0 Å². The van der Waals surface area contributed by atoms with Crippen LogP contribution in [0, 0.1) is 0 Å². The fourth-order valence-corrected chi connectivity index (χ4v) is 1.46. The molecule has 0 aromatic carbocycles. The lowest BCUT2D eigenvalue weighted by Crippen LogP contribution is -2.31. The Morgan fingerprint density at radius 1 is 1.25 bits per heavy atom. The Kier molecular flexibility index (Phi) is 4.16. The smallest absolute Gasteiger partial charge is 0.125 e. The Morgan fingerprint density at radius 3 is 2.08 bits per heavy atom. The molecule has 0 amide bonds. The van der Waals surface area contributed by atoms with E-state index in [1.54, 1.807) is 0 Å². The lowest BCUT2D eigenvalue weighted by Gasteiger charge is -2.24. The summed E-state index contributed by atoms with van der Waals surface area (Å²) in [6, 6.07) is 0. The first-order valence-corrected chi connectivity index (χ1v) is 5.34. The van der Waals surface area contributed by atoms with Crippen LogP contribution in [0.4, 0.5) is 0 Å². The first kappa shape index (κ1) is 7.96. The Bertz CT molecular complexity index is 240. The molecule has 0 nitrogen and oxygen atoms in total. The number of rotatable bonds is 5. The summed E-state index contributed by atoms with van der Waals surface area (Å²) in [5.74, 6) is -2.74. The van der Waals surface area contributed by atoms with Crippen LogP contribution in [0.2, 0.25) is 0 Å². The summed E-state index contributed by atoms with van der Waals surface area (Å²) >= 11 is 33.4. The first-order chi connectivity index (χ1) is 6.89. The predicted molar refractivity (Wildman–Crippen MR) is 59.8 cm³/mol. The second-order valence-corrected chi connectivity index (χ2v) is 4.74. The van der Waals surface area contributed by atoms with Crippen molar-refractivity contribution >= 4 is 69.6 Å². The Labute approximate surface area is 108 Å². The van der Waals surface area contributed by atoms with Crippen molar-refractivity contribution in [2.75, 3.05) is 11.7 Å². The number of hydrogen-bond acceptors (Lipinski definition) is 0. The van der Waals surface area contributed by atoms with Crippen LogP contribution >= 0.6 is 69.6 Å². The minimum Gasteiger partial charge on any atom is -0.125 e. The number of halogens is 6. The summed E-state index contributed by atoms with van der Waals surface area (Å²) in [7, 11) is 0. The summed E-state index contributed by atoms with van der Waals surface area (Å²) in [6.07, 6.45) is -2.41. The summed E-state index contributed by atoms with van der Waals surface area (Å²) in [4.78, 5) is 0. The molecular weight excluding hydrogens is 285 g/mol. The minimum atomic E-state index is -2.48. The zero-order valence-corrected chi connectivity index (χ0v) is 10.2. The molecule has 0 aliphatic carbocycles. The van der Waals surface area contributed by atoms with Gasteiger partial charge in [0.2, 0.25) is 0 Å². The molecule has 74 valence electrons. The molecule has 0 bridgehead atoms. The Balaban J connectivity index is 5.18. The molecule has 0 N–H and O–H groups in total. The van der Waals surface area contributed by atoms with E-state index in [9.17, 15) is 0 Å². The van der Waals surface area contributed by atoms with Gasteiger partial charge in [0.25, 0.3) is 0 Å². The second kappa shape index (κ2) is 6.27. The van der Waals surface area contributed by atoms with E-state index in [1.165, 1.54) is 0 Å². The Morgan fingerprint density at radius 2 is 1.75 bits per heavy atom. The molecule has 0 radical (unpaired) electrons. The van der Waals surface area contributed by atoms with Gasteiger partial charge in [0, 0.05) is 17.2 Å². The second-order valence-electron chi connectivity index (χ2n) is 1.86. The largest absolute Gasteiger partial charge is 0.137 e. The highest BCUT2D eigenvalue weighted by atomic mass is 35.5. The van der Waals surface area contributed by atoms with Gasteiger partial charge in [-0.3, -0.25) is 0 Å². The molecule has 0 spiro atoms. The fraction of sp³-hybridized carbons (Fsp3) is 1.00. The predicted octanol–water partition coefficient (Wildman–Crippen LogP) is 4.24. The molecule has 2 atom stereocenters. The van der Waals surface area contributed by atoms with Crippen molar-refractivity contribution in [1.82, 2.24) is 0 Å². The monoisotopic (exact) mass is 294 g/mol. The van der Waals surface area contributed by atoms with Crippen LogP contribution in [0.15, 0.2) is 0 Å². The summed E-state index contributed by atoms with van der Waals surface area (Å²) < 4.78 is 27.2. The van der Waals surface area contributed by atoms with Gasteiger partial charge in [-0.1, -0.05) is 23.2 Å². The third-order valence-electron chi connectivity index (χ3n) is 0.899. The van der Waals surface area contributed by atoms with Gasteiger partial charge in [-0.25, -0.2) is 0 Å². The molecule has 2 unspecified atom stereocenters. The van der Waals surface area contributed by atoms with E-state index >= 15 is 0 Å². The van der Waals surface area contributed by atoms with Crippen molar-refractivity contribution in [2.45, 2.75) is 21.5 Å². The highest BCUT2D eigenvalue weighted by molar-refractivity contribution is 6.53. The van der Waals surface area contributed by atoms with E-state index in [4.69, 9.17) is 75.1 Å². The van der Waals surface area contributed by atoms with Crippen molar-refractivity contribution in [3.8, 4) is 0 Å². The van der Waals surface area contributed by atoms with Crippen molar-refractivity contribution in [3.63, 3.8) is 0 Å². The molecule has 0 heterocycles. The van der Waals surface area contributed by atoms with Crippen LogP contribution in [0.25, 0.3) is 0 Å². The van der Waals surface area contributed by atoms with Crippen LogP contribution in [0.1, 0.15) is 11.9 Å². The molecule has 0 saturated heterocycles. The molecule has 0 rings (SSSR count). The van der Waals surface area contributed by atoms with Gasteiger partial charge in [0.15, 0.2) is 0 Å². The van der Waals surface area contributed by atoms with Gasteiger partial charge < -0.3 is 0 Å². The zero-order valence-electron chi connectivity index (χ0n) is 9.63. The summed E-state index contributed by atoms with van der Waals surface area (Å²) in [6.45, 7) is 0. The number of alkyl halides is 6. The van der Waals surface area contributed by atoms with E-state index in [0.29, 0.717) is 0 Å². The molecule has 0 aromatic heterocycles. The van der Waals surface area contributed by atoms with Gasteiger partial charge in [0.1, 0.15) is 4.33 Å². The van der Waals surface area contributed by atoms with E-state index in [-0.39, 0.29) is 5.88 Å². The van der Waals surface area contributed by atoms with E-state index in [1.807, 2.05) is 0 Å². The third kappa shape index (κ3) is 4.83. The molecule has 6 heteroatoms. The standard InChI is InChI=1S/C6H8Cl6/c7-2-4(9)1-6(11,12)5(10)3-8/h4-5H,1-3H2/i1D2,3D2. The van der Waals surface area contributed by atoms with Crippen LogP contribution in [-0.4, -0.2) is 26.8 Å². The van der Waals surface area contributed by atoms with Gasteiger partial charge in [-0.2, -0.15) is 0 Å². The van der Waals surface area contributed by atoms with Gasteiger partial charge in [-0.05, 0) is 6.37 Å². The minimum absolute atomic E-state index is 0.259. The third-order valence-corrected chi connectivity index (χ3v) is 3.27. The lowest BCUT2D eigenvalue weighted by molar-refractivity contribution is 0.673. The topological polar surface area (TPSA) is 0 Å². The average molecular weight is 297 g/mol. The van der Waals surface area contributed by atoms with Crippen molar-refractivity contribution in [1.29, 1.82) is 0 Å². The summed E-state index contributed by atoms with van der Waals surface area (Å²) in [5, 5.41) is -2.94. The van der Waals surface area contributed by atoms with Crippen LogP contribution in [0.3, 0.4) is 0 Å². The van der Waals surface area contributed by atoms with E-state index < -0.39 is 27.3 Å². The maximum Gasteiger partial charge on any atom is 0.137 e. The zero-order chi connectivity index (χ0) is 13.4. The van der Waals surface area contributed by atoms with Gasteiger partial charge in [-0.15, -0.1) is 46.4 Å². The fourth-order valence-electron chi connectivity index (χ4n) is 0.389. The van der Waals surface area contributed by atoms with Gasteiger partial charge >= 0.3 is 0 Å². The molecular formula is C6H8Cl6. The lowest BCUT2D eigenvalue weighted by atomic mass is 10.2. The molecule has 0 aliphatic rings. The van der Waals surface area contributed by atoms with Crippen molar-refractivity contribution < 1.29 is 5.48 Å².